The molecule has 0 spiro atoms. The third kappa shape index (κ3) is 5.43. The Morgan fingerprint density at radius 3 is 1.61 bits per heavy atom. The maximum atomic E-state index is 13.7. The first kappa shape index (κ1) is 25.9. The van der Waals surface area contributed by atoms with Crippen molar-refractivity contribution in [3.63, 3.8) is 0 Å². The lowest BCUT2D eigenvalue weighted by Crippen LogP contribution is -2.27. The molecule has 0 radical (unpaired) electrons. The quantitative estimate of drug-likeness (QED) is 0.197. The summed E-state index contributed by atoms with van der Waals surface area (Å²) in [6, 6.07) is 46.9. The molecule has 0 aromatic heterocycles. The lowest BCUT2D eigenvalue weighted by molar-refractivity contribution is 0.0940. The average Bonchev–Trinajstić information content (AvgIpc) is 2.98. The van der Waals surface area contributed by atoms with Gasteiger partial charge in [0.2, 0.25) is 0 Å². The van der Waals surface area contributed by atoms with Gasteiger partial charge in [-0.25, -0.2) is 0 Å². The van der Waals surface area contributed by atoms with Gasteiger partial charge < -0.3 is 5.32 Å². The van der Waals surface area contributed by atoms with Crippen LogP contribution in [0.15, 0.2) is 149 Å². The largest absolute Gasteiger partial charge is 0.345 e. The van der Waals surface area contributed by atoms with Gasteiger partial charge in [-0.3, -0.25) is 9.54 Å². The second-order valence-electron chi connectivity index (χ2n) is 9.01. The van der Waals surface area contributed by atoms with Crippen LogP contribution in [-0.2, 0) is 0 Å². The minimum absolute atomic E-state index is 0.146. The highest BCUT2D eigenvalue weighted by Gasteiger charge is 2.28. The third-order valence-corrected chi connectivity index (χ3v) is 10.6. The number of carbonyl (C=O) groups is 1. The van der Waals surface area contributed by atoms with E-state index in [1.807, 2.05) is 73.7 Å². The van der Waals surface area contributed by atoms with Crippen LogP contribution in [0.5, 0.6) is 0 Å². The number of halogens is 1. The second kappa shape index (κ2) is 11.8. The van der Waals surface area contributed by atoms with Crippen LogP contribution in [0.4, 0.5) is 5.69 Å². The molecule has 0 aliphatic heterocycles. The number of carbonyl (C=O) groups excluding carboxylic acids is 1. The van der Waals surface area contributed by atoms with E-state index in [1.165, 1.54) is 0 Å². The van der Waals surface area contributed by atoms with Crippen molar-refractivity contribution in [1.29, 1.82) is 0 Å². The van der Waals surface area contributed by atoms with Gasteiger partial charge in [0.15, 0.2) is 0 Å². The third-order valence-electron chi connectivity index (χ3n) is 6.50. The molecule has 188 valence electrons. The van der Waals surface area contributed by atoms with Crippen molar-refractivity contribution in [3.05, 3.63) is 155 Å². The first-order valence-corrected chi connectivity index (χ1v) is 15.1. The molecule has 0 heterocycles. The van der Waals surface area contributed by atoms with Crippen molar-refractivity contribution in [1.82, 2.24) is 5.32 Å². The molecule has 5 heteroatoms. The van der Waals surface area contributed by atoms with Crippen LogP contribution in [-0.4, -0.2) is 5.91 Å². The number of nitrogens with one attached hydrogen (secondary N) is 1. The number of benzene rings is 5. The van der Waals surface area contributed by atoms with Crippen LogP contribution in [0.25, 0.3) is 0 Å². The molecule has 0 fully saturated rings. The van der Waals surface area contributed by atoms with E-state index >= 15 is 0 Å². The monoisotopic (exact) mass is 578 g/mol. The minimum atomic E-state index is -2.52. The number of rotatable bonds is 7. The van der Waals surface area contributed by atoms with Crippen LogP contribution < -0.4 is 21.2 Å². The first-order valence-electron chi connectivity index (χ1n) is 12.5. The maximum absolute atomic E-state index is 13.7. The van der Waals surface area contributed by atoms with Gasteiger partial charge in [-0.2, -0.15) is 0 Å². The highest BCUT2D eigenvalue weighted by atomic mass is 79.9. The normalized spacial score (nSPS) is 11.9. The molecule has 0 unspecified atom stereocenters. The van der Waals surface area contributed by atoms with E-state index in [0.29, 0.717) is 11.3 Å². The van der Waals surface area contributed by atoms with E-state index < -0.39 is 7.05 Å². The molecule has 1 amide bonds. The Hall–Kier alpha value is -3.72. The standard InChI is InChI=1S/C33H28BrN2OP/c1-25(26-14-6-2-7-15-26)35-33(37)31-24-27(34)22-23-32(31)36-38(28-16-8-3-9-17-28,29-18-10-4-11-19-29)30-20-12-5-13-21-30/h2-25H,1H3,(H,35,37)/t25-/m0/s1. The Morgan fingerprint density at radius 2 is 1.13 bits per heavy atom. The molecule has 5 rings (SSSR count). The Morgan fingerprint density at radius 1 is 0.684 bits per heavy atom. The fourth-order valence-corrected chi connectivity index (χ4v) is 8.50. The summed E-state index contributed by atoms with van der Waals surface area (Å²) in [5.41, 5.74) is 2.25. The summed E-state index contributed by atoms with van der Waals surface area (Å²) in [5, 5.41) is 6.56. The Bertz CT molecular complexity index is 1470. The molecule has 3 nitrogen and oxygen atoms in total. The molecule has 1 N–H and O–H groups in total. The summed E-state index contributed by atoms with van der Waals surface area (Å²) in [6.45, 7) is 2.00. The Labute approximate surface area is 232 Å². The van der Waals surface area contributed by atoms with Gasteiger partial charge in [-0.1, -0.05) is 137 Å². The van der Waals surface area contributed by atoms with Crippen molar-refractivity contribution < 1.29 is 4.79 Å². The van der Waals surface area contributed by atoms with E-state index in [0.717, 1.165) is 25.9 Å². The molecule has 0 aliphatic rings. The van der Waals surface area contributed by atoms with E-state index in [1.54, 1.807) is 0 Å². The molecule has 5 aromatic carbocycles. The van der Waals surface area contributed by atoms with Gasteiger partial charge in [0.25, 0.3) is 5.91 Å². The topological polar surface area (TPSA) is 41.5 Å². The zero-order chi connectivity index (χ0) is 26.4. The van der Waals surface area contributed by atoms with Crippen LogP contribution in [0, 0.1) is 0 Å². The van der Waals surface area contributed by atoms with Gasteiger partial charge in [-0.05, 0) is 30.7 Å². The van der Waals surface area contributed by atoms with Gasteiger partial charge in [0, 0.05) is 20.4 Å². The van der Waals surface area contributed by atoms with E-state index in [4.69, 9.17) is 4.74 Å². The first-order chi connectivity index (χ1) is 18.6. The summed E-state index contributed by atoms with van der Waals surface area (Å²) >= 11 is 3.58. The zero-order valence-electron chi connectivity index (χ0n) is 21.0. The van der Waals surface area contributed by atoms with Crippen LogP contribution in [0.3, 0.4) is 0 Å². The molecule has 1 atom stereocenters. The molecule has 5 aromatic rings. The second-order valence-corrected chi connectivity index (χ2v) is 12.9. The molecule has 0 bridgehead atoms. The van der Waals surface area contributed by atoms with Crippen molar-refractivity contribution >= 4 is 50.5 Å². The lowest BCUT2D eigenvalue weighted by atomic mass is 10.1. The molecular weight excluding hydrogens is 551 g/mol. The molecule has 0 aliphatic carbocycles. The van der Waals surface area contributed by atoms with Crippen molar-refractivity contribution in [2.24, 2.45) is 4.74 Å². The number of hydrogen-bond acceptors (Lipinski definition) is 2. The van der Waals surface area contributed by atoms with Gasteiger partial charge in [0.05, 0.1) is 24.3 Å². The van der Waals surface area contributed by atoms with E-state index in [2.05, 4.69) is 94.0 Å². The summed E-state index contributed by atoms with van der Waals surface area (Å²) in [7, 11) is -2.52. The number of amides is 1. The minimum Gasteiger partial charge on any atom is -0.345 e. The number of nitrogens with zero attached hydrogens (tertiary/aromatic N) is 1. The average molecular weight is 579 g/mol. The predicted octanol–water partition coefficient (Wildman–Crippen LogP) is 7.75. The van der Waals surface area contributed by atoms with Crippen LogP contribution in [0.1, 0.15) is 28.9 Å². The highest BCUT2D eigenvalue weighted by molar-refractivity contribution is 9.10. The van der Waals surface area contributed by atoms with Crippen molar-refractivity contribution in [3.8, 4) is 0 Å². The lowest BCUT2D eigenvalue weighted by Gasteiger charge is -2.27. The molecule has 38 heavy (non-hydrogen) atoms. The Balaban J connectivity index is 1.74. The van der Waals surface area contributed by atoms with Crippen molar-refractivity contribution in [2.45, 2.75) is 13.0 Å². The number of hydrogen-bond donors (Lipinski definition) is 1. The molecule has 0 saturated heterocycles. The van der Waals surface area contributed by atoms with Crippen molar-refractivity contribution in [2.75, 3.05) is 0 Å². The summed E-state index contributed by atoms with van der Waals surface area (Å²) < 4.78 is 6.40. The summed E-state index contributed by atoms with van der Waals surface area (Å²) in [6.07, 6.45) is 0. The highest BCUT2D eigenvalue weighted by Crippen LogP contribution is 2.50. The van der Waals surface area contributed by atoms with Crippen LogP contribution >= 0.6 is 23.0 Å². The van der Waals surface area contributed by atoms with Gasteiger partial charge in [0.1, 0.15) is 0 Å². The SMILES string of the molecule is C[C@H](NC(=O)c1cc(Br)ccc1N=P(c1ccccc1)(c1ccccc1)c1ccccc1)c1ccccc1. The smallest absolute Gasteiger partial charge is 0.253 e. The molecular formula is C33H28BrN2OP. The Kier molecular flexibility index (Phi) is 8.03. The van der Waals surface area contributed by atoms with Gasteiger partial charge >= 0.3 is 0 Å². The predicted molar refractivity (Wildman–Crippen MR) is 164 cm³/mol. The van der Waals surface area contributed by atoms with Crippen LogP contribution in [0.2, 0.25) is 0 Å². The zero-order valence-corrected chi connectivity index (χ0v) is 23.5. The van der Waals surface area contributed by atoms with E-state index in [-0.39, 0.29) is 11.9 Å². The molecule has 0 saturated carbocycles. The fourth-order valence-electron chi connectivity index (χ4n) is 4.59. The van der Waals surface area contributed by atoms with E-state index in [9.17, 15) is 4.79 Å². The summed E-state index contributed by atoms with van der Waals surface area (Å²) in [4.78, 5) is 13.7. The summed E-state index contributed by atoms with van der Waals surface area (Å²) in [5.74, 6) is -0.159. The van der Waals surface area contributed by atoms with Gasteiger partial charge in [-0.15, -0.1) is 0 Å². The maximum Gasteiger partial charge on any atom is 0.253 e. The fraction of sp³-hybridized carbons (Fsp3) is 0.0606.